The van der Waals surface area contributed by atoms with Crippen molar-refractivity contribution in [1.82, 2.24) is 14.6 Å². The van der Waals surface area contributed by atoms with E-state index in [0.29, 0.717) is 0 Å². The number of rotatable bonds is 1. The molecule has 0 radical (unpaired) electrons. The van der Waals surface area contributed by atoms with Gasteiger partial charge < -0.3 is 5.73 Å². The number of thiazole rings is 1. The fraction of sp³-hybridized carbons (Fsp3) is 0.0909. The Morgan fingerprint density at radius 2 is 1.94 bits per heavy atom. The summed E-state index contributed by atoms with van der Waals surface area (Å²) in [4.78, 5) is 0.921. The maximum atomic E-state index is 5.66. The SMILES string of the molecule is Cc1csc2nnc(-c3ccc(N)cc3)n12. The summed E-state index contributed by atoms with van der Waals surface area (Å²) < 4.78 is 2.05. The molecule has 0 aliphatic rings. The minimum atomic E-state index is 0.756. The van der Waals surface area contributed by atoms with Crippen molar-refractivity contribution < 1.29 is 0 Å². The molecule has 3 rings (SSSR count). The second kappa shape index (κ2) is 3.31. The summed E-state index contributed by atoms with van der Waals surface area (Å²) in [6, 6.07) is 7.67. The van der Waals surface area contributed by atoms with Crippen LogP contribution in [0.3, 0.4) is 0 Å². The van der Waals surface area contributed by atoms with Crippen molar-refractivity contribution in [2.24, 2.45) is 0 Å². The molecule has 0 atom stereocenters. The van der Waals surface area contributed by atoms with Crippen molar-refractivity contribution in [3.8, 4) is 11.4 Å². The van der Waals surface area contributed by atoms with E-state index in [1.54, 1.807) is 11.3 Å². The van der Waals surface area contributed by atoms with E-state index in [4.69, 9.17) is 5.73 Å². The van der Waals surface area contributed by atoms with Gasteiger partial charge in [-0.1, -0.05) is 0 Å². The van der Waals surface area contributed by atoms with Crippen LogP contribution in [-0.2, 0) is 0 Å². The van der Waals surface area contributed by atoms with Gasteiger partial charge in [-0.3, -0.25) is 4.40 Å². The molecular weight excluding hydrogens is 220 g/mol. The number of anilines is 1. The second-order valence-corrected chi connectivity index (χ2v) is 4.48. The molecule has 2 aromatic heterocycles. The number of nitrogens with two attached hydrogens (primary N) is 1. The Kier molecular flexibility index (Phi) is 1.94. The minimum absolute atomic E-state index is 0.756. The molecule has 2 heterocycles. The van der Waals surface area contributed by atoms with Crippen LogP contribution in [0.2, 0.25) is 0 Å². The van der Waals surface area contributed by atoms with E-state index in [1.165, 1.54) is 0 Å². The average molecular weight is 230 g/mol. The molecule has 0 saturated carbocycles. The highest BCUT2D eigenvalue weighted by atomic mass is 32.1. The summed E-state index contributed by atoms with van der Waals surface area (Å²) in [5.74, 6) is 0.869. The van der Waals surface area contributed by atoms with Gasteiger partial charge in [-0.15, -0.1) is 21.5 Å². The molecule has 0 bridgehead atoms. The van der Waals surface area contributed by atoms with Crippen molar-refractivity contribution in [3.05, 3.63) is 35.3 Å². The predicted octanol–water partition coefficient (Wildman–Crippen LogP) is 2.35. The van der Waals surface area contributed by atoms with Crippen molar-refractivity contribution >= 4 is 22.0 Å². The number of nitrogens with zero attached hydrogens (tertiary/aromatic N) is 3. The van der Waals surface area contributed by atoms with E-state index in [1.807, 2.05) is 31.2 Å². The van der Waals surface area contributed by atoms with Crippen LogP contribution in [0.4, 0.5) is 5.69 Å². The van der Waals surface area contributed by atoms with E-state index < -0.39 is 0 Å². The standard InChI is InChI=1S/C11H10N4S/c1-7-6-16-11-14-13-10(15(7)11)8-2-4-9(12)5-3-8/h2-6H,12H2,1H3. The van der Waals surface area contributed by atoms with Gasteiger partial charge in [-0.25, -0.2) is 0 Å². The van der Waals surface area contributed by atoms with Gasteiger partial charge in [0.25, 0.3) is 0 Å². The molecule has 1 aromatic carbocycles. The van der Waals surface area contributed by atoms with Crippen LogP contribution in [0.25, 0.3) is 16.3 Å². The highest BCUT2D eigenvalue weighted by molar-refractivity contribution is 7.15. The van der Waals surface area contributed by atoms with Gasteiger partial charge in [-0.2, -0.15) is 0 Å². The lowest BCUT2D eigenvalue weighted by atomic mass is 10.2. The summed E-state index contributed by atoms with van der Waals surface area (Å²) in [6.07, 6.45) is 0. The normalized spacial score (nSPS) is 11.1. The maximum absolute atomic E-state index is 5.66. The molecule has 0 unspecified atom stereocenters. The van der Waals surface area contributed by atoms with E-state index in [0.717, 1.165) is 27.7 Å². The van der Waals surface area contributed by atoms with Crippen molar-refractivity contribution in [1.29, 1.82) is 0 Å². The molecule has 3 aromatic rings. The number of fused-ring (bicyclic) bond motifs is 1. The van der Waals surface area contributed by atoms with Crippen LogP contribution in [0.15, 0.2) is 29.6 Å². The lowest BCUT2D eigenvalue weighted by Gasteiger charge is -1.99. The zero-order valence-electron chi connectivity index (χ0n) is 8.71. The fourth-order valence-electron chi connectivity index (χ4n) is 1.67. The van der Waals surface area contributed by atoms with Crippen LogP contribution >= 0.6 is 11.3 Å². The van der Waals surface area contributed by atoms with Gasteiger partial charge in [0.1, 0.15) is 0 Å². The molecule has 2 N–H and O–H groups in total. The zero-order chi connectivity index (χ0) is 11.1. The molecule has 4 nitrogen and oxygen atoms in total. The van der Waals surface area contributed by atoms with E-state index in [2.05, 4.69) is 20.0 Å². The molecule has 0 aliphatic heterocycles. The van der Waals surface area contributed by atoms with Crippen LogP contribution < -0.4 is 5.73 Å². The molecule has 0 aliphatic carbocycles. The first-order chi connectivity index (χ1) is 7.75. The summed E-state index contributed by atoms with van der Waals surface area (Å²) in [6.45, 7) is 2.05. The first-order valence-corrected chi connectivity index (χ1v) is 5.79. The Morgan fingerprint density at radius 1 is 1.19 bits per heavy atom. The van der Waals surface area contributed by atoms with Gasteiger partial charge in [0.15, 0.2) is 5.82 Å². The number of aryl methyl sites for hydroxylation is 1. The van der Waals surface area contributed by atoms with Crippen LogP contribution in [0, 0.1) is 6.92 Å². The number of aromatic nitrogens is 3. The monoisotopic (exact) mass is 230 g/mol. The summed E-state index contributed by atoms with van der Waals surface area (Å²) in [5.41, 5.74) is 8.60. The fourth-order valence-corrected chi connectivity index (χ4v) is 2.48. The van der Waals surface area contributed by atoms with Crippen LogP contribution in [-0.4, -0.2) is 14.6 Å². The van der Waals surface area contributed by atoms with Crippen LogP contribution in [0.1, 0.15) is 5.69 Å². The zero-order valence-corrected chi connectivity index (χ0v) is 9.53. The molecule has 0 amide bonds. The highest BCUT2D eigenvalue weighted by Gasteiger charge is 2.10. The van der Waals surface area contributed by atoms with Crippen molar-refractivity contribution in [3.63, 3.8) is 0 Å². The first-order valence-electron chi connectivity index (χ1n) is 4.91. The summed E-state index contributed by atoms with van der Waals surface area (Å²) in [7, 11) is 0. The lowest BCUT2D eigenvalue weighted by molar-refractivity contribution is 1.09. The van der Waals surface area contributed by atoms with Crippen molar-refractivity contribution in [2.75, 3.05) is 5.73 Å². The summed E-state index contributed by atoms with van der Waals surface area (Å²) >= 11 is 1.60. The smallest absolute Gasteiger partial charge is 0.216 e. The van der Waals surface area contributed by atoms with E-state index >= 15 is 0 Å². The molecule has 0 saturated heterocycles. The van der Waals surface area contributed by atoms with Gasteiger partial charge in [-0.05, 0) is 31.2 Å². The Balaban J connectivity index is 2.25. The molecule has 0 spiro atoms. The molecular formula is C11H10N4S. The lowest BCUT2D eigenvalue weighted by Crippen LogP contribution is -1.90. The second-order valence-electron chi connectivity index (χ2n) is 3.64. The van der Waals surface area contributed by atoms with E-state index in [-0.39, 0.29) is 0 Å². The van der Waals surface area contributed by atoms with Crippen molar-refractivity contribution in [2.45, 2.75) is 6.92 Å². The Morgan fingerprint density at radius 3 is 2.69 bits per heavy atom. The van der Waals surface area contributed by atoms with Crippen LogP contribution in [0.5, 0.6) is 0 Å². The molecule has 0 fully saturated rings. The predicted molar refractivity (Wildman–Crippen MR) is 65.4 cm³/mol. The third-order valence-corrected chi connectivity index (χ3v) is 3.42. The number of benzene rings is 1. The molecule has 80 valence electrons. The minimum Gasteiger partial charge on any atom is -0.399 e. The molecule has 16 heavy (non-hydrogen) atoms. The third-order valence-electron chi connectivity index (χ3n) is 2.49. The Labute approximate surface area is 96.4 Å². The van der Waals surface area contributed by atoms with Gasteiger partial charge in [0.05, 0.1) is 0 Å². The third kappa shape index (κ3) is 1.29. The summed E-state index contributed by atoms with van der Waals surface area (Å²) in [5, 5.41) is 10.4. The number of hydrogen-bond acceptors (Lipinski definition) is 4. The first kappa shape index (κ1) is 9.35. The number of hydrogen-bond donors (Lipinski definition) is 1. The van der Waals surface area contributed by atoms with Gasteiger partial charge in [0.2, 0.25) is 4.96 Å². The Hall–Kier alpha value is -1.88. The number of nitrogen functional groups attached to an aromatic ring is 1. The maximum Gasteiger partial charge on any atom is 0.216 e. The largest absolute Gasteiger partial charge is 0.399 e. The van der Waals surface area contributed by atoms with Gasteiger partial charge >= 0.3 is 0 Å². The Bertz CT molecular complexity index is 636. The quantitative estimate of drug-likeness (QED) is 0.653. The van der Waals surface area contributed by atoms with E-state index in [9.17, 15) is 0 Å². The average Bonchev–Trinajstić information content (AvgIpc) is 2.84. The topological polar surface area (TPSA) is 56.2 Å². The molecule has 5 heteroatoms. The highest BCUT2D eigenvalue weighted by Crippen LogP contribution is 2.23. The van der Waals surface area contributed by atoms with Gasteiger partial charge in [0, 0.05) is 22.3 Å².